The van der Waals surface area contributed by atoms with E-state index in [-0.39, 0.29) is 24.2 Å². The Bertz CT molecular complexity index is 963. The molecule has 1 atom stereocenters. The normalized spacial score (nSPS) is 16.6. The van der Waals surface area contributed by atoms with Crippen molar-refractivity contribution in [3.8, 4) is 0 Å². The molecule has 1 aliphatic heterocycles. The maximum atomic E-state index is 14.4. The van der Waals surface area contributed by atoms with Gasteiger partial charge in [0.25, 0.3) is 5.91 Å². The molecule has 1 fully saturated rings. The van der Waals surface area contributed by atoms with Crippen molar-refractivity contribution < 1.29 is 13.9 Å². The van der Waals surface area contributed by atoms with Crippen LogP contribution in [0.1, 0.15) is 22.2 Å². The van der Waals surface area contributed by atoms with Crippen LogP contribution in [0.2, 0.25) is 0 Å². The second kappa shape index (κ2) is 8.39. The first-order valence-electron chi connectivity index (χ1n) is 8.35. The molecule has 1 aromatic heterocycles. The summed E-state index contributed by atoms with van der Waals surface area (Å²) in [5.41, 5.74) is 2.34. The van der Waals surface area contributed by atoms with Crippen molar-refractivity contribution in [1.82, 2.24) is 15.3 Å². The zero-order chi connectivity index (χ0) is 17.9. The predicted molar refractivity (Wildman–Crippen MR) is 103 cm³/mol. The quantitative estimate of drug-likeness (QED) is 0.721. The minimum Gasteiger partial charge on any atom is -0.371 e. The largest absolute Gasteiger partial charge is 0.371 e. The molecule has 27 heavy (non-hydrogen) atoms. The highest BCUT2D eigenvalue weighted by Crippen LogP contribution is 2.24. The smallest absolute Gasteiger partial charge is 0.275 e. The lowest BCUT2D eigenvalue weighted by Gasteiger charge is -2.24. The number of halogens is 2. The van der Waals surface area contributed by atoms with E-state index in [1.807, 2.05) is 18.2 Å². The summed E-state index contributed by atoms with van der Waals surface area (Å²) in [6, 6.07) is 11.9. The molecule has 2 heterocycles. The predicted octanol–water partition coefficient (Wildman–Crippen LogP) is 3.10. The molecule has 1 saturated heterocycles. The molecule has 4 rings (SSSR count). The summed E-state index contributed by atoms with van der Waals surface area (Å²) >= 11 is 0. The van der Waals surface area contributed by atoms with Crippen LogP contribution in [0.15, 0.2) is 48.7 Å². The summed E-state index contributed by atoms with van der Waals surface area (Å²) in [6.45, 7) is 1.87. The van der Waals surface area contributed by atoms with Crippen molar-refractivity contribution in [2.75, 3.05) is 25.0 Å². The van der Waals surface area contributed by atoms with Crippen LogP contribution in [0.25, 0.3) is 11.0 Å². The number of benzene rings is 2. The lowest BCUT2D eigenvalue weighted by molar-refractivity contribution is 0.0255. The Hall–Kier alpha value is -2.61. The van der Waals surface area contributed by atoms with Crippen molar-refractivity contribution >= 4 is 35.0 Å². The number of anilines is 1. The monoisotopic (exact) mass is 388 g/mol. The first-order chi connectivity index (χ1) is 12.7. The van der Waals surface area contributed by atoms with Crippen LogP contribution in [0.4, 0.5) is 10.1 Å². The van der Waals surface area contributed by atoms with E-state index in [9.17, 15) is 9.18 Å². The lowest BCUT2D eigenvalue weighted by Crippen LogP contribution is -2.33. The summed E-state index contributed by atoms with van der Waals surface area (Å²) in [7, 11) is 0. The third-order valence-corrected chi connectivity index (χ3v) is 4.21. The minimum absolute atomic E-state index is 0. The molecule has 0 bridgehead atoms. The Labute approximate surface area is 161 Å². The fourth-order valence-electron chi connectivity index (χ4n) is 2.89. The molecule has 0 saturated carbocycles. The van der Waals surface area contributed by atoms with Gasteiger partial charge in [0.2, 0.25) is 0 Å². The fraction of sp³-hybridized carbons (Fsp3) is 0.211. The van der Waals surface area contributed by atoms with Crippen molar-refractivity contribution in [3.05, 3.63) is 65.7 Å². The standard InChI is InChI=1S/C19H17FN4O2.ClH/c20-14-9-12(5-6-13(14)18-11-21-7-8-26-18)23-19(25)17-10-22-15-3-1-2-4-16(15)24-17;/h1-6,9-10,18,21H,7-8,11H2,(H,23,25);1H/t18-;/m1./s1. The van der Waals surface area contributed by atoms with E-state index in [1.54, 1.807) is 18.2 Å². The van der Waals surface area contributed by atoms with Crippen LogP contribution in [0, 0.1) is 5.82 Å². The number of ether oxygens (including phenoxy) is 1. The van der Waals surface area contributed by atoms with E-state index in [1.165, 1.54) is 12.3 Å². The highest BCUT2D eigenvalue weighted by atomic mass is 35.5. The topological polar surface area (TPSA) is 76.1 Å². The average Bonchev–Trinajstić information content (AvgIpc) is 2.68. The molecule has 140 valence electrons. The Balaban J connectivity index is 0.00000210. The number of nitrogens with zero attached hydrogens (tertiary/aromatic N) is 2. The first-order valence-corrected chi connectivity index (χ1v) is 8.35. The molecule has 6 nitrogen and oxygen atoms in total. The van der Waals surface area contributed by atoms with Crippen molar-refractivity contribution in [3.63, 3.8) is 0 Å². The molecule has 0 aliphatic carbocycles. The molecular formula is C19H18ClFN4O2. The highest BCUT2D eigenvalue weighted by Gasteiger charge is 2.20. The zero-order valence-corrected chi connectivity index (χ0v) is 15.1. The number of carbonyl (C=O) groups is 1. The third-order valence-electron chi connectivity index (χ3n) is 4.21. The molecule has 0 radical (unpaired) electrons. The van der Waals surface area contributed by atoms with E-state index < -0.39 is 11.7 Å². The van der Waals surface area contributed by atoms with Gasteiger partial charge in [-0.05, 0) is 24.3 Å². The number of rotatable bonds is 3. The molecule has 2 N–H and O–H groups in total. The van der Waals surface area contributed by atoms with Gasteiger partial charge >= 0.3 is 0 Å². The van der Waals surface area contributed by atoms with Gasteiger partial charge in [0, 0.05) is 24.3 Å². The van der Waals surface area contributed by atoms with Crippen LogP contribution >= 0.6 is 12.4 Å². The Morgan fingerprint density at radius 3 is 2.78 bits per heavy atom. The number of amides is 1. The van der Waals surface area contributed by atoms with E-state index in [0.29, 0.717) is 35.4 Å². The van der Waals surface area contributed by atoms with Crippen molar-refractivity contribution in [1.29, 1.82) is 0 Å². The van der Waals surface area contributed by atoms with Gasteiger partial charge < -0.3 is 15.4 Å². The lowest BCUT2D eigenvalue weighted by atomic mass is 10.1. The Morgan fingerprint density at radius 2 is 2.04 bits per heavy atom. The number of carbonyl (C=O) groups excluding carboxylic acids is 1. The van der Waals surface area contributed by atoms with Crippen molar-refractivity contribution in [2.45, 2.75) is 6.10 Å². The van der Waals surface area contributed by atoms with E-state index in [2.05, 4.69) is 20.6 Å². The van der Waals surface area contributed by atoms with Gasteiger partial charge in [-0.2, -0.15) is 0 Å². The van der Waals surface area contributed by atoms with Crippen molar-refractivity contribution in [2.24, 2.45) is 0 Å². The molecule has 1 aliphatic rings. The number of hydrogen-bond donors (Lipinski definition) is 2. The van der Waals surface area contributed by atoms with E-state index in [4.69, 9.17) is 4.74 Å². The van der Waals surface area contributed by atoms with Gasteiger partial charge in [0.05, 0.1) is 29.9 Å². The van der Waals surface area contributed by atoms with Gasteiger partial charge in [0.15, 0.2) is 0 Å². The molecule has 8 heteroatoms. The maximum Gasteiger partial charge on any atom is 0.275 e. The Kier molecular flexibility index (Phi) is 5.95. The zero-order valence-electron chi connectivity index (χ0n) is 14.3. The number of morpholine rings is 1. The average molecular weight is 389 g/mol. The van der Waals surface area contributed by atoms with E-state index >= 15 is 0 Å². The fourth-order valence-corrected chi connectivity index (χ4v) is 2.89. The van der Waals surface area contributed by atoms with E-state index in [0.717, 1.165) is 6.54 Å². The number of fused-ring (bicyclic) bond motifs is 1. The van der Waals surface area contributed by atoms with Gasteiger partial charge in [-0.1, -0.05) is 18.2 Å². The molecule has 0 unspecified atom stereocenters. The first kappa shape index (κ1) is 19.2. The van der Waals surface area contributed by atoms with Crippen LogP contribution in [-0.4, -0.2) is 35.6 Å². The molecular weight excluding hydrogens is 371 g/mol. The second-order valence-corrected chi connectivity index (χ2v) is 6.00. The second-order valence-electron chi connectivity index (χ2n) is 6.00. The van der Waals surface area contributed by atoms with Gasteiger partial charge in [0.1, 0.15) is 11.5 Å². The molecule has 3 aromatic rings. The summed E-state index contributed by atoms with van der Waals surface area (Å²) in [5.74, 6) is -0.855. The summed E-state index contributed by atoms with van der Waals surface area (Å²) < 4.78 is 20.0. The number of para-hydroxylation sites is 2. The van der Waals surface area contributed by atoms with Crippen LogP contribution in [0.5, 0.6) is 0 Å². The van der Waals surface area contributed by atoms with Crippen LogP contribution in [0.3, 0.4) is 0 Å². The summed E-state index contributed by atoms with van der Waals surface area (Å²) in [5, 5.41) is 5.82. The van der Waals surface area contributed by atoms with Gasteiger partial charge in [-0.15, -0.1) is 12.4 Å². The molecule has 0 spiro atoms. The van der Waals surface area contributed by atoms with Crippen LogP contribution < -0.4 is 10.6 Å². The van der Waals surface area contributed by atoms with Gasteiger partial charge in [-0.3, -0.25) is 9.78 Å². The third kappa shape index (κ3) is 4.21. The van der Waals surface area contributed by atoms with Crippen LogP contribution in [-0.2, 0) is 4.74 Å². The maximum absolute atomic E-state index is 14.4. The minimum atomic E-state index is -0.439. The number of nitrogens with one attached hydrogen (secondary N) is 2. The molecule has 1 amide bonds. The Morgan fingerprint density at radius 1 is 1.22 bits per heavy atom. The highest BCUT2D eigenvalue weighted by molar-refractivity contribution is 6.03. The summed E-state index contributed by atoms with van der Waals surface area (Å²) in [6.07, 6.45) is 1.09. The number of aromatic nitrogens is 2. The molecule has 2 aromatic carbocycles. The van der Waals surface area contributed by atoms with Gasteiger partial charge in [-0.25, -0.2) is 9.37 Å². The number of hydrogen-bond acceptors (Lipinski definition) is 5. The summed E-state index contributed by atoms with van der Waals surface area (Å²) in [4.78, 5) is 20.9. The SMILES string of the molecule is Cl.O=C(Nc1ccc([C@H]2CNCCO2)c(F)c1)c1cnc2ccccc2n1.